The van der Waals surface area contributed by atoms with Crippen molar-refractivity contribution in [3.05, 3.63) is 70.7 Å². The second-order valence-corrected chi connectivity index (χ2v) is 6.13. The largest absolute Gasteiger partial charge is 0.445 e. The minimum atomic E-state index is -1.57. The van der Waals surface area contributed by atoms with Gasteiger partial charge in [-0.25, -0.2) is 4.79 Å². The molecule has 24 heavy (non-hydrogen) atoms. The molecule has 0 radical (unpaired) electrons. The van der Waals surface area contributed by atoms with E-state index in [4.69, 9.17) is 21.8 Å². The van der Waals surface area contributed by atoms with E-state index in [1.54, 1.807) is 0 Å². The molecule has 0 atom stereocenters. The van der Waals surface area contributed by atoms with E-state index in [1.165, 1.54) is 4.90 Å². The molecular weight excluding hydrogens is 326 g/mol. The van der Waals surface area contributed by atoms with Gasteiger partial charge in [0.2, 0.25) is 0 Å². The van der Waals surface area contributed by atoms with Gasteiger partial charge in [-0.15, -0.1) is 0 Å². The first-order chi connectivity index (χ1) is 13.2. The fraction of sp³-hybridized carbons (Fsp3) is 0.316. The van der Waals surface area contributed by atoms with E-state index >= 15 is 0 Å². The highest BCUT2D eigenvalue weighted by molar-refractivity contribution is 6.30. The molecule has 0 aliphatic carbocycles. The monoisotopic (exact) mass is 349 g/mol. The Balaban J connectivity index is 1.70. The molecule has 1 aliphatic heterocycles. The van der Waals surface area contributed by atoms with E-state index in [9.17, 15) is 9.90 Å². The van der Waals surface area contributed by atoms with E-state index < -0.39 is 11.7 Å². The Morgan fingerprint density at radius 1 is 1.21 bits per heavy atom. The maximum Gasteiger partial charge on any atom is 0.410 e. The van der Waals surface area contributed by atoms with Gasteiger partial charge in [-0.05, 0) is 36.1 Å². The molecule has 126 valence electrons. The number of halogens is 1. The van der Waals surface area contributed by atoms with Crippen LogP contribution in [0.5, 0.6) is 0 Å². The summed E-state index contributed by atoms with van der Waals surface area (Å²) in [7, 11) is 0. The van der Waals surface area contributed by atoms with Gasteiger partial charge in [-0.3, -0.25) is 0 Å². The zero-order valence-electron chi connectivity index (χ0n) is 17.0. The molecule has 0 bridgehead atoms. The second-order valence-electron chi connectivity index (χ2n) is 5.75. The van der Waals surface area contributed by atoms with E-state index in [1.807, 2.05) is 30.3 Å². The first-order valence-corrected chi connectivity index (χ1v) is 8.06. The molecule has 0 saturated carbocycles. The molecule has 1 aliphatic rings. The third-order valence-corrected chi connectivity index (χ3v) is 4.30. The van der Waals surface area contributed by atoms with Gasteiger partial charge in [0, 0.05) is 18.1 Å². The summed E-state index contributed by atoms with van der Waals surface area (Å²) in [5.41, 5.74) is -0.779. The van der Waals surface area contributed by atoms with E-state index in [0.29, 0.717) is 0 Å². The summed E-state index contributed by atoms with van der Waals surface area (Å²) in [5, 5.41) is 10.7. The molecular formula is C19H20ClNO3. The van der Waals surface area contributed by atoms with E-state index in [2.05, 4.69) is 0 Å². The van der Waals surface area contributed by atoms with Crippen molar-refractivity contribution in [1.29, 1.82) is 0 Å². The fourth-order valence-corrected chi connectivity index (χ4v) is 2.74. The molecule has 1 fully saturated rings. The summed E-state index contributed by atoms with van der Waals surface area (Å²) >= 11 is 5.83. The smallest absolute Gasteiger partial charge is 0.410 e. The minimum Gasteiger partial charge on any atom is -0.445 e. The van der Waals surface area contributed by atoms with Crippen molar-refractivity contribution in [2.24, 2.45) is 0 Å². The zero-order valence-corrected chi connectivity index (χ0v) is 13.8. The van der Waals surface area contributed by atoms with Gasteiger partial charge in [0.25, 0.3) is 0 Å². The molecule has 1 amide bonds. The molecule has 0 spiro atoms. The summed E-state index contributed by atoms with van der Waals surface area (Å²) in [5.74, 6) is 0. The highest BCUT2D eigenvalue weighted by Crippen LogP contribution is 2.33. The molecule has 0 aromatic heterocycles. The van der Waals surface area contributed by atoms with Gasteiger partial charge in [-0.2, -0.15) is 0 Å². The van der Waals surface area contributed by atoms with Crippen molar-refractivity contribution < 1.29 is 20.1 Å². The predicted molar refractivity (Wildman–Crippen MR) is 92.8 cm³/mol. The number of piperidine rings is 1. The lowest BCUT2D eigenvalue weighted by atomic mass is 9.84. The normalized spacial score (nSPS) is 19.0. The van der Waals surface area contributed by atoms with Gasteiger partial charge in [0.15, 0.2) is 0 Å². The number of hydrogen-bond acceptors (Lipinski definition) is 3. The Morgan fingerprint density at radius 2 is 1.83 bits per heavy atom. The molecule has 1 N–H and O–H groups in total. The van der Waals surface area contributed by atoms with E-state index in [-0.39, 0.29) is 67.3 Å². The quantitative estimate of drug-likeness (QED) is 0.912. The van der Waals surface area contributed by atoms with Crippen LogP contribution in [0.2, 0.25) is 5.02 Å². The first-order valence-electron chi connectivity index (χ1n) is 9.69. The lowest BCUT2D eigenvalue weighted by Crippen LogP contribution is -2.45. The lowest BCUT2D eigenvalue weighted by molar-refractivity contribution is -0.0255. The standard InChI is InChI=1S/C19H20ClNO3/c20-17-8-6-16(7-9-17)19(23)10-12-21(13-11-19)18(22)24-14-15-4-2-1-3-5-15/h1-9,23H,10-14H2/i6D,7D,8D,9D. The Morgan fingerprint density at radius 3 is 2.46 bits per heavy atom. The van der Waals surface area contributed by atoms with Crippen molar-refractivity contribution in [2.75, 3.05) is 13.1 Å². The molecule has 0 unspecified atom stereocenters. The van der Waals surface area contributed by atoms with Gasteiger partial charge in [-0.1, -0.05) is 54.0 Å². The first kappa shape index (κ1) is 12.3. The number of benzene rings is 2. The molecule has 2 aromatic carbocycles. The van der Waals surface area contributed by atoms with Crippen molar-refractivity contribution in [1.82, 2.24) is 4.90 Å². The van der Waals surface area contributed by atoms with Crippen LogP contribution in [-0.4, -0.2) is 29.2 Å². The number of carbonyl (C=O) groups is 1. The highest BCUT2D eigenvalue weighted by Gasteiger charge is 2.35. The van der Waals surface area contributed by atoms with Crippen LogP contribution in [-0.2, 0) is 16.9 Å². The minimum absolute atomic E-state index is 0.0751. The molecule has 2 aromatic rings. The molecule has 5 heteroatoms. The lowest BCUT2D eigenvalue weighted by Gasteiger charge is -2.38. The van der Waals surface area contributed by atoms with Crippen LogP contribution in [0.4, 0.5) is 4.79 Å². The maximum atomic E-state index is 12.3. The Kier molecular flexibility index (Phi) is 3.72. The Bertz CT molecular complexity index is 857. The molecule has 1 heterocycles. The number of carbonyl (C=O) groups excluding carboxylic acids is 1. The number of aliphatic hydroxyl groups is 1. The fourth-order valence-electron chi connectivity index (χ4n) is 2.65. The van der Waals surface area contributed by atoms with Gasteiger partial charge in [0.05, 0.1) is 11.1 Å². The predicted octanol–water partition coefficient (Wildman–Crippen LogP) is 3.96. The van der Waals surface area contributed by atoms with Crippen LogP contribution in [0.15, 0.2) is 54.5 Å². The average Bonchev–Trinajstić information content (AvgIpc) is 2.70. The van der Waals surface area contributed by atoms with Crippen LogP contribution in [0.25, 0.3) is 0 Å². The molecule has 4 nitrogen and oxygen atoms in total. The maximum absolute atomic E-state index is 12.3. The number of ether oxygens (including phenoxy) is 1. The zero-order chi connectivity index (χ0) is 20.5. The van der Waals surface area contributed by atoms with Crippen LogP contribution < -0.4 is 0 Å². The van der Waals surface area contributed by atoms with Crippen molar-refractivity contribution in [3.8, 4) is 0 Å². The van der Waals surface area contributed by atoms with Crippen LogP contribution in [0, 0.1) is 0 Å². The molecule has 1 saturated heterocycles. The third kappa shape index (κ3) is 3.89. The number of rotatable bonds is 3. The van der Waals surface area contributed by atoms with Gasteiger partial charge >= 0.3 is 6.09 Å². The van der Waals surface area contributed by atoms with E-state index in [0.717, 1.165) is 5.56 Å². The van der Waals surface area contributed by atoms with Gasteiger partial charge < -0.3 is 14.7 Å². The van der Waals surface area contributed by atoms with Crippen LogP contribution in [0.1, 0.15) is 29.5 Å². The summed E-state index contributed by atoms with van der Waals surface area (Å²) < 4.78 is 37.2. The van der Waals surface area contributed by atoms with Crippen molar-refractivity contribution >= 4 is 17.7 Å². The van der Waals surface area contributed by atoms with Crippen molar-refractivity contribution in [3.63, 3.8) is 0 Å². The second kappa shape index (κ2) is 7.24. The Hall–Kier alpha value is -2.04. The van der Waals surface area contributed by atoms with Crippen molar-refractivity contribution in [2.45, 2.75) is 25.0 Å². The SMILES string of the molecule is [2H]c1c([2H])c(C2(O)CCN(C(=O)OCc3ccccc3)CC2)c([2H])c([2H])c1Cl. The van der Waals surface area contributed by atoms with Crippen LogP contribution >= 0.6 is 11.6 Å². The number of likely N-dealkylation sites (tertiary alicyclic amines) is 1. The third-order valence-electron chi connectivity index (χ3n) is 4.11. The average molecular weight is 350 g/mol. The van der Waals surface area contributed by atoms with Crippen LogP contribution in [0.3, 0.4) is 0 Å². The number of amides is 1. The number of hydrogen-bond donors (Lipinski definition) is 1. The van der Waals surface area contributed by atoms with Gasteiger partial charge in [0.1, 0.15) is 6.61 Å². The number of nitrogens with zero attached hydrogens (tertiary/aromatic N) is 1. The topological polar surface area (TPSA) is 49.8 Å². The Labute approximate surface area is 152 Å². The highest BCUT2D eigenvalue weighted by atomic mass is 35.5. The summed E-state index contributed by atoms with van der Waals surface area (Å²) in [6.07, 6.45) is -0.348. The summed E-state index contributed by atoms with van der Waals surface area (Å²) in [4.78, 5) is 13.7. The summed E-state index contributed by atoms with van der Waals surface area (Å²) in [6, 6.07) is 7.83. The summed E-state index contributed by atoms with van der Waals surface area (Å²) in [6.45, 7) is 0.494. The molecule has 3 rings (SSSR count).